The van der Waals surface area contributed by atoms with E-state index >= 15 is 0 Å². The van der Waals surface area contributed by atoms with Crippen molar-refractivity contribution < 1.29 is 9.53 Å². The summed E-state index contributed by atoms with van der Waals surface area (Å²) in [4.78, 5) is 19.1. The molecule has 0 unspecified atom stereocenters. The summed E-state index contributed by atoms with van der Waals surface area (Å²) in [7, 11) is 1.61. The minimum absolute atomic E-state index is 0.0861. The first-order chi connectivity index (χ1) is 18.1. The van der Waals surface area contributed by atoms with Crippen molar-refractivity contribution in [3.63, 3.8) is 0 Å². The zero-order chi connectivity index (χ0) is 25.1. The van der Waals surface area contributed by atoms with Gasteiger partial charge in [0.1, 0.15) is 23.4 Å². The number of hydrogen-bond donors (Lipinski definition) is 1. The van der Waals surface area contributed by atoms with Gasteiger partial charge in [0, 0.05) is 16.8 Å². The van der Waals surface area contributed by atoms with Crippen molar-refractivity contribution in [3.8, 4) is 17.1 Å². The van der Waals surface area contributed by atoms with Gasteiger partial charge < -0.3 is 14.5 Å². The van der Waals surface area contributed by atoms with Crippen LogP contribution in [-0.4, -0.2) is 26.8 Å². The van der Waals surface area contributed by atoms with Crippen molar-refractivity contribution in [2.45, 2.75) is 6.17 Å². The first kappa shape index (κ1) is 21.7. The summed E-state index contributed by atoms with van der Waals surface area (Å²) < 4.78 is 9.45. The Hall–Kier alpha value is -4.55. The van der Waals surface area contributed by atoms with Crippen LogP contribution in [0.3, 0.4) is 0 Å². The van der Waals surface area contributed by atoms with E-state index in [2.05, 4.69) is 16.0 Å². The molecule has 6 nitrogen and oxygen atoms in total. The van der Waals surface area contributed by atoms with Crippen LogP contribution in [0.5, 0.6) is 5.75 Å². The number of ketones is 1. The molecule has 0 radical (unpaired) electrons. The molecule has 0 amide bonds. The largest absolute Gasteiger partial charge is 0.497 e. The molecular weight excluding hydrogens is 484 g/mol. The molecule has 0 spiro atoms. The summed E-state index contributed by atoms with van der Waals surface area (Å²) in [5.74, 6) is 1.43. The average Bonchev–Trinajstić information content (AvgIpc) is 3.49. The molecule has 1 aliphatic rings. The molecule has 0 saturated carbocycles. The average molecular weight is 505 g/mol. The fraction of sp³-hybridized carbons (Fsp3) is 0.0667. The molecule has 3 aromatic carbocycles. The highest BCUT2D eigenvalue weighted by atomic mass is 35.5. The van der Waals surface area contributed by atoms with Crippen molar-refractivity contribution in [1.29, 1.82) is 0 Å². The topological polar surface area (TPSA) is 60.6 Å². The molecule has 3 aromatic heterocycles. The second-order valence-electron chi connectivity index (χ2n) is 9.00. The van der Waals surface area contributed by atoms with Gasteiger partial charge >= 0.3 is 0 Å². The number of pyridine rings is 1. The van der Waals surface area contributed by atoms with E-state index < -0.39 is 0 Å². The summed E-state index contributed by atoms with van der Waals surface area (Å²) in [6.45, 7) is 0. The Labute approximate surface area is 217 Å². The fourth-order valence-electron chi connectivity index (χ4n) is 5.24. The first-order valence-corrected chi connectivity index (χ1v) is 12.3. The SMILES string of the molecule is COc1ccc(C(=O)c2c3c(c4ccccn24)-c2nc4ccccc4n2[C@@H](c2ccc(Cl)cc2)N3)cc1. The molecule has 0 aliphatic carbocycles. The lowest BCUT2D eigenvalue weighted by atomic mass is 10.0. The second kappa shape index (κ2) is 8.25. The number of nitrogens with one attached hydrogen (secondary N) is 1. The minimum atomic E-state index is -0.285. The highest BCUT2D eigenvalue weighted by Crippen LogP contribution is 2.46. The molecule has 7 heteroatoms. The minimum Gasteiger partial charge on any atom is -0.497 e. The maximum Gasteiger partial charge on any atom is 0.211 e. The maximum absolute atomic E-state index is 14.0. The number of fused-ring (bicyclic) bond motifs is 7. The number of nitrogens with zero attached hydrogens (tertiary/aromatic N) is 3. The van der Waals surface area contributed by atoms with Crippen molar-refractivity contribution in [2.24, 2.45) is 0 Å². The molecule has 0 bridgehead atoms. The van der Waals surface area contributed by atoms with E-state index in [1.54, 1.807) is 31.4 Å². The number of hydrogen-bond acceptors (Lipinski definition) is 4. The van der Waals surface area contributed by atoms with Gasteiger partial charge in [0.25, 0.3) is 0 Å². The monoisotopic (exact) mass is 504 g/mol. The van der Waals surface area contributed by atoms with Crippen molar-refractivity contribution in [3.05, 3.63) is 119 Å². The van der Waals surface area contributed by atoms with Crippen LogP contribution >= 0.6 is 11.6 Å². The number of carbonyl (C=O) groups is 1. The van der Waals surface area contributed by atoms with Crippen LogP contribution in [0.15, 0.2) is 97.2 Å². The van der Waals surface area contributed by atoms with E-state index in [1.807, 2.05) is 71.3 Å². The van der Waals surface area contributed by atoms with Crippen LogP contribution in [0.1, 0.15) is 27.8 Å². The number of benzene rings is 3. The Bertz CT molecular complexity index is 1820. The number of para-hydroxylation sites is 2. The fourth-order valence-corrected chi connectivity index (χ4v) is 5.36. The van der Waals surface area contributed by atoms with Crippen molar-refractivity contribution in [2.75, 3.05) is 12.4 Å². The second-order valence-corrected chi connectivity index (χ2v) is 9.44. The van der Waals surface area contributed by atoms with Crippen molar-refractivity contribution >= 4 is 39.6 Å². The van der Waals surface area contributed by atoms with Crippen LogP contribution in [-0.2, 0) is 0 Å². The molecule has 180 valence electrons. The summed E-state index contributed by atoms with van der Waals surface area (Å²) in [6.07, 6.45) is 1.64. The quantitative estimate of drug-likeness (QED) is 0.267. The van der Waals surface area contributed by atoms with Crippen LogP contribution in [0.2, 0.25) is 5.02 Å². The van der Waals surface area contributed by atoms with Crippen LogP contribution in [0, 0.1) is 0 Å². The molecule has 7 rings (SSSR count). The number of anilines is 1. The van der Waals surface area contributed by atoms with Gasteiger partial charge in [-0.1, -0.05) is 41.9 Å². The number of aromatic nitrogens is 3. The van der Waals surface area contributed by atoms with E-state index in [-0.39, 0.29) is 11.9 Å². The number of carbonyl (C=O) groups excluding carboxylic acids is 1. The molecule has 1 aliphatic heterocycles. The molecule has 0 saturated heterocycles. The third kappa shape index (κ3) is 3.26. The van der Waals surface area contributed by atoms with Crippen molar-refractivity contribution in [1.82, 2.24) is 14.0 Å². The molecule has 1 N–H and O–H groups in total. The Balaban J connectivity index is 1.52. The Morgan fingerprint density at radius 1 is 0.919 bits per heavy atom. The smallest absolute Gasteiger partial charge is 0.211 e. The predicted octanol–water partition coefficient (Wildman–Crippen LogP) is 6.82. The Morgan fingerprint density at radius 2 is 1.65 bits per heavy atom. The van der Waals surface area contributed by atoms with E-state index in [1.165, 1.54) is 0 Å². The summed E-state index contributed by atoms with van der Waals surface area (Å²) in [5.41, 5.74) is 6.63. The van der Waals surface area contributed by atoms with Gasteiger partial charge in [-0.2, -0.15) is 0 Å². The number of rotatable bonds is 4. The molecular formula is C30H21ClN4O2. The molecule has 0 fully saturated rings. The van der Waals surface area contributed by atoms with Crippen LogP contribution < -0.4 is 10.1 Å². The van der Waals surface area contributed by atoms with Gasteiger partial charge in [-0.3, -0.25) is 9.36 Å². The third-order valence-electron chi connectivity index (χ3n) is 6.96. The van der Waals surface area contributed by atoms with E-state index in [0.717, 1.165) is 39.2 Å². The summed E-state index contributed by atoms with van der Waals surface area (Å²) >= 11 is 6.22. The number of imidazole rings is 1. The van der Waals surface area contributed by atoms with Crippen LogP contribution in [0.25, 0.3) is 27.9 Å². The lowest BCUT2D eigenvalue weighted by Crippen LogP contribution is -2.25. The third-order valence-corrected chi connectivity index (χ3v) is 7.21. The number of ether oxygens (including phenoxy) is 1. The zero-order valence-electron chi connectivity index (χ0n) is 19.9. The number of methoxy groups -OCH3 is 1. The Morgan fingerprint density at radius 3 is 2.43 bits per heavy atom. The van der Waals surface area contributed by atoms with Gasteiger partial charge in [0.15, 0.2) is 0 Å². The standard InChI is InChI=1S/C30H21ClN4O2/c1-37-21-15-11-18(12-16-21)28(36)27-26-25(24-8-4-5-17-34(24)27)30-32-22-6-2-3-7-23(22)35(30)29(33-26)19-9-13-20(31)14-10-19/h2-17,29,33H,1H3/t29-/m0/s1. The normalized spacial score (nSPS) is 14.3. The first-order valence-electron chi connectivity index (χ1n) is 11.9. The number of halogens is 1. The Kier molecular flexibility index (Phi) is 4.84. The van der Waals surface area contributed by atoms with Gasteiger partial charge in [0.2, 0.25) is 5.78 Å². The molecule has 4 heterocycles. The molecule has 37 heavy (non-hydrogen) atoms. The lowest BCUT2D eigenvalue weighted by molar-refractivity contribution is 0.103. The lowest BCUT2D eigenvalue weighted by Gasteiger charge is -2.29. The zero-order valence-corrected chi connectivity index (χ0v) is 20.6. The predicted molar refractivity (Wildman–Crippen MR) is 146 cm³/mol. The van der Waals surface area contributed by atoms with E-state index in [0.29, 0.717) is 22.0 Å². The summed E-state index contributed by atoms with van der Waals surface area (Å²) in [6, 6.07) is 29.0. The molecule has 6 aromatic rings. The van der Waals surface area contributed by atoms with Gasteiger partial charge in [-0.25, -0.2) is 4.98 Å². The highest BCUT2D eigenvalue weighted by molar-refractivity contribution is 6.30. The van der Waals surface area contributed by atoms with E-state index in [4.69, 9.17) is 21.3 Å². The van der Waals surface area contributed by atoms with Crippen LogP contribution in [0.4, 0.5) is 5.69 Å². The summed E-state index contributed by atoms with van der Waals surface area (Å²) in [5, 5.41) is 4.38. The van der Waals surface area contributed by atoms with E-state index in [9.17, 15) is 4.79 Å². The maximum atomic E-state index is 14.0. The van der Waals surface area contributed by atoms with Gasteiger partial charge in [-0.05, 0) is 66.2 Å². The highest BCUT2D eigenvalue weighted by Gasteiger charge is 2.35. The molecule has 1 atom stereocenters. The van der Waals surface area contributed by atoms with Gasteiger partial charge in [0.05, 0.1) is 34.9 Å². The van der Waals surface area contributed by atoms with Gasteiger partial charge in [-0.15, -0.1) is 0 Å².